The van der Waals surface area contributed by atoms with Crippen molar-refractivity contribution < 1.29 is 24.9 Å². The summed E-state index contributed by atoms with van der Waals surface area (Å²) in [6, 6.07) is 10.7. The van der Waals surface area contributed by atoms with Crippen molar-refractivity contribution in [3.63, 3.8) is 0 Å². The summed E-state index contributed by atoms with van der Waals surface area (Å²) in [7, 11) is 0. The fourth-order valence-electron chi connectivity index (χ4n) is 7.73. The van der Waals surface area contributed by atoms with E-state index < -0.39 is 23.0 Å². The highest BCUT2D eigenvalue weighted by atomic mass is 16.4. The third kappa shape index (κ3) is 4.25. The van der Waals surface area contributed by atoms with Crippen molar-refractivity contribution in [3.8, 4) is 0 Å². The third-order valence-electron chi connectivity index (χ3n) is 8.42. The van der Waals surface area contributed by atoms with Gasteiger partial charge in [-0.25, -0.2) is 4.79 Å². The SMILES string of the molecule is CC12CC3CC(C(=O)O)(C1)CC(c1ccccc1)(C3)C2.O=C(O)NC1(CO)CCNCC1. The van der Waals surface area contributed by atoms with Crippen LogP contribution in [0, 0.1) is 16.7 Å². The molecular weight excluding hydrogens is 408 g/mol. The molecule has 32 heavy (non-hydrogen) atoms. The Morgan fingerprint density at radius 1 is 1.03 bits per heavy atom. The van der Waals surface area contributed by atoms with Crippen molar-refractivity contribution in [3.05, 3.63) is 35.9 Å². The number of carboxylic acid groups (broad SMARTS) is 2. The summed E-state index contributed by atoms with van der Waals surface area (Å²) >= 11 is 0. The zero-order valence-corrected chi connectivity index (χ0v) is 18.9. The molecule has 4 unspecified atom stereocenters. The number of aliphatic hydroxyl groups excluding tert-OH is 1. The van der Waals surface area contributed by atoms with Gasteiger partial charge < -0.3 is 26.0 Å². The molecule has 4 saturated carbocycles. The molecule has 1 amide bonds. The predicted octanol–water partition coefficient (Wildman–Crippen LogP) is 3.37. The molecule has 1 aliphatic heterocycles. The number of benzene rings is 1. The van der Waals surface area contributed by atoms with Crippen molar-refractivity contribution in [2.24, 2.45) is 16.7 Å². The van der Waals surface area contributed by atoms with Crippen LogP contribution in [0.25, 0.3) is 0 Å². The molecule has 4 aliphatic carbocycles. The summed E-state index contributed by atoms with van der Waals surface area (Å²) in [6.07, 6.45) is 6.49. The second-order valence-corrected chi connectivity index (χ2v) is 11.2. The van der Waals surface area contributed by atoms with Crippen molar-refractivity contribution in [1.29, 1.82) is 0 Å². The van der Waals surface area contributed by atoms with E-state index in [0.29, 0.717) is 18.8 Å². The molecule has 5 N–H and O–H groups in total. The maximum Gasteiger partial charge on any atom is 0.405 e. The number of rotatable bonds is 4. The van der Waals surface area contributed by atoms with Gasteiger partial charge in [-0.3, -0.25) is 4.79 Å². The van der Waals surface area contributed by atoms with E-state index in [2.05, 4.69) is 47.9 Å². The second kappa shape index (κ2) is 8.34. The minimum atomic E-state index is -1.06. The van der Waals surface area contributed by atoms with Crippen LogP contribution in [-0.2, 0) is 10.2 Å². The Kier molecular flexibility index (Phi) is 6.01. The van der Waals surface area contributed by atoms with Crippen LogP contribution in [0.4, 0.5) is 4.79 Å². The van der Waals surface area contributed by atoms with Crippen LogP contribution in [0.5, 0.6) is 0 Å². The van der Waals surface area contributed by atoms with Gasteiger partial charge in [-0.05, 0) is 86.8 Å². The summed E-state index contributed by atoms with van der Waals surface area (Å²) in [6.45, 7) is 3.70. The molecule has 1 aromatic carbocycles. The fraction of sp³-hybridized carbons (Fsp3) is 0.680. The molecule has 7 nitrogen and oxygen atoms in total. The first-order valence-corrected chi connectivity index (χ1v) is 11.8. The average Bonchev–Trinajstić information content (AvgIpc) is 2.73. The topological polar surface area (TPSA) is 119 Å². The molecule has 6 rings (SSSR count). The molecule has 1 saturated heterocycles. The Hall–Kier alpha value is -2.12. The summed E-state index contributed by atoms with van der Waals surface area (Å²) in [4.78, 5) is 22.4. The lowest BCUT2D eigenvalue weighted by atomic mass is 9.39. The lowest BCUT2D eigenvalue weighted by molar-refractivity contribution is -0.177. The van der Waals surface area contributed by atoms with Gasteiger partial charge in [-0.2, -0.15) is 0 Å². The van der Waals surface area contributed by atoms with Crippen LogP contribution < -0.4 is 10.6 Å². The van der Waals surface area contributed by atoms with Gasteiger partial charge in [0.05, 0.1) is 17.6 Å². The zero-order valence-electron chi connectivity index (χ0n) is 18.9. The van der Waals surface area contributed by atoms with Crippen LogP contribution in [0.15, 0.2) is 30.3 Å². The quantitative estimate of drug-likeness (QED) is 0.486. The highest BCUT2D eigenvalue weighted by Gasteiger charge is 2.64. The summed E-state index contributed by atoms with van der Waals surface area (Å²) in [5, 5.41) is 32.9. The number of amides is 1. The number of carbonyl (C=O) groups is 2. The fourth-order valence-corrected chi connectivity index (χ4v) is 7.73. The van der Waals surface area contributed by atoms with Crippen molar-refractivity contribution in [1.82, 2.24) is 10.6 Å². The highest BCUT2D eigenvalue weighted by molar-refractivity contribution is 5.76. The molecule has 0 spiro atoms. The predicted molar refractivity (Wildman–Crippen MR) is 121 cm³/mol. The second-order valence-electron chi connectivity index (χ2n) is 11.2. The van der Waals surface area contributed by atoms with Gasteiger partial charge in [-0.15, -0.1) is 0 Å². The first-order chi connectivity index (χ1) is 15.1. The van der Waals surface area contributed by atoms with Gasteiger partial charge >= 0.3 is 12.1 Å². The van der Waals surface area contributed by atoms with E-state index in [0.717, 1.165) is 32.4 Å². The molecule has 0 radical (unpaired) electrons. The maximum atomic E-state index is 12.0. The number of aliphatic carboxylic acids is 1. The number of carboxylic acids is 1. The molecule has 4 bridgehead atoms. The number of piperidine rings is 1. The smallest absolute Gasteiger partial charge is 0.405 e. The molecule has 176 valence electrons. The van der Waals surface area contributed by atoms with Crippen LogP contribution in [0.3, 0.4) is 0 Å². The lowest BCUT2D eigenvalue weighted by Crippen LogP contribution is -2.60. The first kappa shape index (κ1) is 23.1. The van der Waals surface area contributed by atoms with Gasteiger partial charge in [-0.1, -0.05) is 37.3 Å². The average molecular weight is 445 g/mol. The Morgan fingerprint density at radius 3 is 2.28 bits per heavy atom. The normalized spacial score (nSPS) is 36.6. The minimum Gasteiger partial charge on any atom is -0.481 e. The Bertz CT molecular complexity index is 855. The monoisotopic (exact) mass is 444 g/mol. The molecule has 5 fully saturated rings. The van der Waals surface area contributed by atoms with Crippen LogP contribution in [-0.4, -0.2) is 52.6 Å². The Morgan fingerprint density at radius 2 is 1.72 bits per heavy atom. The number of hydrogen-bond donors (Lipinski definition) is 5. The van der Waals surface area contributed by atoms with E-state index in [4.69, 9.17) is 10.2 Å². The molecule has 7 heteroatoms. The standard InChI is InChI=1S/C18H22O2.C7H14N2O3/c1-16-7-13-8-17(10-16,14-5-3-2-4-6-14)12-18(9-13,11-16)15(19)20;10-5-7(9-6(11)12)1-3-8-4-2-7/h2-6,13H,7-12H2,1H3,(H,19,20);8-10H,1-5H2,(H,11,12). The van der Waals surface area contributed by atoms with Gasteiger partial charge in [0.1, 0.15) is 0 Å². The van der Waals surface area contributed by atoms with Crippen molar-refractivity contribution in [2.75, 3.05) is 19.7 Å². The third-order valence-corrected chi connectivity index (χ3v) is 8.42. The van der Waals surface area contributed by atoms with E-state index in [1.165, 1.54) is 24.8 Å². The first-order valence-electron chi connectivity index (χ1n) is 11.8. The van der Waals surface area contributed by atoms with Gasteiger partial charge in [0.15, 0.2) is 0 Å². The van der Waals surface area contributed by atoms with Crippen LogP contribution in [0.1, 0.15) is 63.9 Å². The number of nitrogens with one attached hydrogen (secondary N) is 2. The molecule has 4 atom stereocenters. The summed E-state index contributed by atoms with van der Waals surface area (Å²) in [5.74, 6) is 0.0562. The van der Waals surface area contributed by atoms with E-state index in [9.17, 15) is 14.7 Å². The van der Waals surface area contributed by atoms with Crippen molar-refractivity contribution in [2.45, 2.75) is 69.2 Å². The number of hydrogen-bond acceptors (Lipinski definition) is 4. The molecular formula is C25H36N2O5. The molecule has 5 aliphatic rings. The largest absolute Gasteiger partial charge is 0.481 e. The summed E-state index contributed by atoms with van der Waals surface area (Å²) in [5.41, 5.74) is 0.656. The van der Waals surface area contributed by atoms with E-state index in [1.807, 2.05) is 0 Å². The van der Waals surface area contributed by atoms with E-state index in [-0.39, 0.29) is 17.4 Å². The Labute approximate surface area is 189 Å². The molecule has 0 aromatic heterocycles. The Balaban J connectivity index is 0.000000176. The zero-order chi connectivity index (χ0) is 23.0. The lowest BCUT2D eigenvalue weighted by Gasteiger charge is -2.64. The highest BCUT2D eigenvalue weighted by Crippen LogP contribution is 2.70. The maximum absolute atomic E-state index is 12.0. The van der Waals surface area contributed by atoms with Crippen LogP contribution >= 0.6 is 0 Å². The minimum absolute atomic E-state index is 0.119. The van der Waals surface area contributed by atoms with Gasteiger partial charge in [0, 0.05) is 0 Å². The summed E-state index contributed by atoms with van der Waals surface area (Å²) < 4.78 is 0. The molecule has 1 aromatic rings. The van der Waals surface area contributed by atoms with Crippen molar-refractivity contribution >= 4 is 12.1 Å². The van der Waals surface area contributed by atoms with E-state index in [1.54, 1.807) is 0 Å². The van der Waals surface area contributed by atoms with Gasteiger partial charge in [0.2, 0.25) is 0 Å². The van der Waals surface area contributed by atoms with Crippen LogP contribution in [0.2, 0.25) is 0 Å². The molecule has 1 heterocycles. The van der Waals surface area contributed by atoms with Gasteiger partial charge in [0.25, 0.3) is 0 Å². The van der Waals surface area contributed by atoms with E-state index >= 15 is 0 Å². The number of aliphatic hydroxyl groups is 1.